The molecule has 0 spiro atoms. The van der Waals surface area contributed by atoms with E-state index in [1.807, 2.05) is 0 Å². The summed E-state index contributed by atoms with van der Waals surface area (Å²) in [5, 5.41) is 32.8. The monoisotopic (exact) mass is 341 g/mol. The van der Waals surface area contributed by atoms with Gasteiger partial charge in [-0.05, 0) is 27.8 Å². The maximum atomic E-state index is 12.5. The van der Waals surface area contributed by atoms with E-state index in [1.165, 1.54) is 18.2 Å². The molecule has 124 valence electrons. The number of tetrazole rings is 2. The van der Waals surface area contributed by atoms with Crippen LogP contribution in [-0.4, -0.2) is 52.0 Å². The number of nitrogens with two attached hydrogens (primary N) is 1. The molecule has 0 aliphatic rings. The lowest BCUT2D eigenvalue weighted by Gasteiger charge is -2.07. The Balaban J connectivity index is 2.09. The first-order valence-electron chi connectivity index (χ1n) is 6.69. The Labute approximate surface area is 136 Å². The summed E-state index contributed by atoms with van der Waals surface area (Å²) in [5.74, 6) is -0.248. The van der Waals surface area contributed by atoms with Gasteiger partial charge in [0.05, 0.1) is 10.9 Å². The number of carbonyl (C=O) groups is 1. The molecular formula is C12H7N9O4. The molecule has 0 radical (unpaired) electrons. The van der Waals surface area contributed by atoms with Gasteiger partial charge in [-0.3, -0.25) is 4.79 Å². The van der Waals surface area contributed by atoms with E-state index in [0.29, 0.717) is 4.68 Å². The van der Waals surface area contributed by atoms with Gasteiger partial charge in [-0.25, -0.2) is 4.79 Å². The molecule has 4 aromatic rings. The number of nitrogen functional groups attached to an aromatic ring is 1. The van der Waals surface area contributed by atoms with Gasteiger partial charge in [0.2, 0.25) is 17.0 Å². The minimum atomic E-state index is -1.40. The Morgan fingerprint density at radius 3 is 2.88 bits per heavy atom. The Kier molecular flexibility index (Phi) is 3.00. The van der Waals surface area contributed by atoms with Crippen molar-refractivity contribution in [1.29, 1.82) is 0 Å². The second-order valence-electron chi connectivity index (χ2n) is 4.79. The second kappa shape index (κ2) is 5.19. The van der Waals surface area contributed by atoms with Gasteiger partial charge in [0.1, 0.15) is 11.3 Å². The highest BCUT2D eigenvalue weighted by atomic mass is 16.4. The average Bonchev–Trinajstić information content (AvgIpc) is 3.28. The number of nitrogens with zero attached hydrogens (tertiary/aromatic N) is 7. The minimum Gasteiger partial charge on any atom is -0.463 e. The molecule has 0 fully saturated rings. The van der Waals surface area contributed by atoms with Crippen molar-refractivity contribution in [3.63, 3.8) is 0 Å². The van der Waals surface area contributed by atoms with E-state index in [-0.39, 0.29) is 39.6 Å². The molecule has 0 atom stereocenters. The van der Waals surface area contributed by atoms with Crippen molar-refractivity contribution in [1.82, 2.24) is 40.8 Å². The molecular weight excluding hydrogens is 334 g/mol. The van der Waals surface area contributed by atoms with Crippen LogP contribution in [0.3, 0.4) is 0 Å². The molecule has 25 heavy (non-hydrogen) atoms. The van der Waals surface area contributed by atoms with Crippen LogP contribution in [0.2, 0.25) is 0 Å². The van der Waals surface area contributed by atoms with E-state index in [0.717, 1.165) is 0 Å². The summed E-state index contributed by atoms with van der Waals surface area (Å²) in [4.78, 5) is 23.8. The Hall–Kier alpha value is -4.16. The van der Waals surface area contributed by atoms with Gasteiger partial charge in [-0.15, -0.1) is 20.0 Å². The molecule has 0 saturated heterocycles. The molecule has 3 heterocycles. The normalized spacial score (nSPS) is 11.0. The fourth-order valence-corrected chi connectivity index (χ4v) is 2.32. The summed E-state index contributed by atoms with van der Waals surface area (Å²) in [6.45, 7) is 0. The van der Waals surface area contributed by atoms with Crippen molar-refractivity contribution >= 4 is 22.7 Å². The van der Waals surface area contributed by atoms with Gasteiger partial charge in [0.25, 0.3) is 0 Å². The number of hydrogen-bond acceptors (Lipinski definition) is 10. The summed E-state index contributed by atoms with van der Waals surface area (Å²) in [7, 11) is 0. The second-order valence-corrected chi connectivity index (χ2v) is 4.79. The van der Waals surface area contributed by atoms with Gasteiger partial charge in [-0.1, -0.05) is 6.07 Å². The third kappa shape index (κ3) is 2.10. The lowest BCUT2D eigenvalue weighted by atomic mass is 10.1. The Morgan fingerprint density at radius 1 is 1.32 bits per heavy atom. The van der Waals surface area contributed by atoms with Gasteiger partial charge in [0.15, 0.2) is 5.82 Å². The number of carboxylic acid groups (broad SMARTS) is 1. The zero-order chi connectivity index (χ0) is 17.6. The van der Waals surface area contributed by atoms with Crippen molar-refractivity contribution in [3.05, 3.63) is 28.4 Å². The molecule has 0 saturated carbocycles. The van der Waals surface area contributed by atoms with Crippen LogP contribution in [0.25, 0.3) is 33.9 Å². The standard InChI is InChI=1S/C12H7N9O4/c13-6-7(22)4-2-1-3-5(11-16-19-20-21(11)12(23)24)8(4)25-9(6)10-14-17-18-15-10/h1-3H,13H2,(H,23,24)(H,14,15,17,18). The number of para-hydroxylation sites is 1. The van der Waals surface area contributed by atoms with E-state index < -0.39 is 11.5 Å². The zero-order valence-electron chi connectivity index (χ0n) is 12.1. The van der Waals surface area contributed by atoms with E-state index in [4.69, 9.17) is 15.3 Å². The molecule has 0 unspecified atom stereocenters. The lowest BCUT2D eigenvalue weighted by Crippen LogP contribution is -2.13. The molecule has 0 bridgehead atoms. The third-order valence-electron chi connectivity index (χ3n) is 3.39. The summed E-state index contributed by atoms with van der Waals surface area (Å²) < 4.78 is 6.25. The third-order valence-corrected chi connectivity index (χ3v) is 3.39. The van der Waals surface area contributed by atoms with Crippen molar-refractivity contribution in [3.8, 4) is 23.0 Å². The lowest BCUT2D eigenvalue weighted by molar-refractivity contribution is 0.192. The van der Waals surface area contributed by atoms with E-state index in [1.54, 1.807) is 0 Å². The van der Waals surface area contributed by atoms with Crippen LogP contribution in [0, 0.1) is 0 Å². The molecule has 4 N–H and O–H groups in total. The number of H-pyrrole nitrogens is 1. The van der Waals surface area contributed by atoms with Crippen LogP contribution in [0.4, 0.5) is 10.5 Å². The number of fused-ring (bicyclic) bond motifs is 1. The van der Waals surface area contributed by atoms with Gasteiger partial charge in [0, 0.05) is 0 Å². The number of hydrogen-bond donors (Lipinski definition) is 3. The number of anilines is 1. The van der Waals surface area contributed by atoms with Crippen LogP contribution in [0.15, 0.2) is 27.4 Å². The number of aromatic nitrogens is 8. The summed E-state index contributed by atoms with van der Waals surface area (Å²) in [5.41, 5.74) is 5.31. The van der Waals surface area contributed by atoms with Gasteiger partial charge < -0.3 is 15.3 Å². The molecule has 13 heteroatoms. The molecule has 3 aromatic heterocycles. The smallest absolute Gasteiger partial charge is 0.435 e. The molecule has 1 aromatic carbocycles. The quantitative estimate of drug-likeness (QED) is 0.406. The van der Waals surface area contributed by atoms with Crippen molar-refractivity contribution < 1.29 is 14.3 Å². The molecule has 0 amide bonds. The zero-order valence-corrected chi connectivity index (χ0v) is 12.1. The number of benzene rings is 1. The minimum absolute atomic E-state index is 0.0240. The van der Waals surface area contributed by atoms with Crippen LogP contribution in [0.5, 0.6) is 0 Å². The first-order chi connectivity index (χ1) is 12.1. The highest BCUT2D eigenvalue weighted by Gasteiger charge is 2.22. The SMILES string of the molecule is Nc1c(-c2nn[nH]n2)oc2c(-c3nnnn3C(=O)O)cccc2c1=O. The van der Waals surface area contributed by atoms with Crippen LogP contribution < -0.4 is 11.2 Å². The largest absolute Gasteiger partial charge is 0.463 e. The first kappa shape index (κ1) is 14.4. The highest BCUT2D eigenvalue weighted by molar-refractivity contribution is 5.94. The fourth-order valence-electron chi connectivity index (χ4n) is 2.32. The Bertz CT molecular complexity index is 1160. The van der Waals surface area contributed by atoms with E-state index in [2.05, 4.69) is 36.1 Å². The predicted octanol–water partition coefficient (Wildman–Crippen LogP) is -0.265. The van der Waals surface area contributed by atoms with Gasteiger partial charge >= 0.3 is 6.09 Å². The topological polar surface area (TPSA) is 192 Å². The van der Waals surface area contributed by atoms with Crippen molar-refractivity contribution in [2.24, 2.45) is 0 Å². The maximum absolute atomic E-state index is 12.5. The summed E-state index contributed by atoms with van der Waals surface area (Å²) in [6, 6.07) is 4.52. The van der Waals surface area contributed by atoms with Crippen LogP contribution >= 0.6 is 0 Å². The van der Waals surface area contributed by atoms with E-state index in [9.17, 15) is 9.59 Å². The molecule has 0 aliphatic heterocycles. The summed E-state index contributed by atoms with van der Waals surface area (Å²) >= 11 is 0. The van der Waals surface area contributed by atoms with Gasteiger partial charge in [-0.2, -0.15) is 5.21 Å². The number of aromatic amines is 1. The first-order valence-corrected chi connectivity index (χ1v) is 6.69. The molecule has 13 nitrogen and oxygen atoms in total. The fraction of sp³-hybridized carbons (Fsp3) is 0. The van der Waals surface area contributed by atoms with Crippen molar-refractivity contribution in [2.75, 3.05) is 5.73 Å². The molecule has 4 rings (SSSR count). The number of rotatable bonds is 2. The number of nitrogens with one attached hydrogen (secondary N) is 1. The van der Waals surface area contributed by atoms with Crippen LogP contribution in [-0.2, 0) is 0 Å². The summed E-state index contributed by atoms with van der Waals surface area (Å²) in [6.07, 6.45) is -1.40. The molecule has 0 aliphatic carbocycles. The predicted molar refractivity (Wildman–Crippen MR) is 80.3 cm³/mol. The highest BCUT2D eigenvalue weighted by Crippen LogP contribution is 2.30. The van der Waals surface area contributed by atoms with Crippen molar-refractivity contribution in [2.45, 2.75) is 0 Å². The average molecular weight is 341 g/mol. The Morgan fingerprint density at radius 2 is 2.16 bits per heavy atom. The van der Waals surface area contributed by atoms with E-state index >= 15 is 0 Å². The van der Waals surface area contributed by atoms with Crippen LogP contribution in [0.1, 0.15) is 0 Å². The maximum Gasteiger partial charge on any atom is 0.435 e.